The van der Waals surface area contributed by atoms with E-state index in [0.717, 1.165) is 42.7 Å². The minimum absolute atomic E-state index is 0.807. The molecule has 4 nitrogen and oxygen atoms in total. The maximum Gasteiger partial charge on any atom is 0.173 e. The molecule has 0 radical (unpaired) electrons. The van der Waals surface area contributed by atoms with Crippen molar-refractivity contribution in [1.29, 1.82) is 0 Å². The topological polar surface area (TPSA) is 27.7 Å². The summed E-state index contributed by atoms with van der Waals surface area (Å²) in [6, 6.07) is 12.6. The molecule has 0 aliphatic carbocycles. The van der Waals surface area contributed by atoms with Crippen LogP contribution in [0.3, 0.4) is 0 Å². The summed E-state index contributed by atoms with van der Waals surface area (Å²) in [5.74, 6) is 0.896. The molecule has 0 atom stereocenters. The maximum absolute atomic E-state index is 5.66. The quantitative estimate of drug-likeness (QED) is 0.821. The van der Waals surface area contributed by atoms with E-state index in [2.05, 4.69) is 60.2 Å². The van der Waals surface area contributed by atoms with Crippen molar-refractivity contribution in [2.75, 3.05) is 43.5 Å². The zero-order valence-corrected chi connectivity index (χ0v) is 16.8. The Hall–Kier alpha value is -2.27. The van der Waals surface area contributed by atoms with E-state index in [1.807, 2.05) is 12.1 Å². The number of anilines is 2. The number of nitrogens with one attached hydrogen (secondary N) is 1. The van der Waals surface area contributed by atoms with Gasteiger partial charge < -0.3 is 19.9 Å². The second-order valence-corrected chi connectivity index (χ2v) is 7.24. The van der Waals surface area contributed by atoms with Crippen LogP contribution >= 0.6 is 12.2 Å². The highest BCUT2D eigenvalue weighted by Crippen LogP contribution is 2.23. The lowest BCUT2D eigenvalue weighted by Gasteiger charge is -2.37. The molecule has 0 spiro atoms. The third-order valence-corrected chi connectivity index (χ3v) is 5.43. The van der Waals surface area contributed by atoms with Gasteiger partial charge in [0.15, 0.2) is 5.11 Å². The second-order valence-electron chi connectivity index (χ2n) is 6.86. The van der Waals surface area contributed by atoms with Crippen molar-refractivity contribution in [3.63, 3.8) is 0 Å². The van der Waals surface area contributed by atoms with E-state index in [1.165, 1.54) is 22.4 Å². The number of ether oxygens (including phenoxy) is 1. The van der Waals surface area contributed by atoms with Gasteiger partial charge in [-0.1, -0.05) is 12.1 Å². The van der Waals surface area contributed by atoms with Crippen LogP contribution in [-0.4, -0.2) is 43.3 Å². The van der Waals surface area contributed by atoms with Crippen molar-refractivity contribution in [3.8, 4) is 5.75 Å². The standard InChI is InChI=1S/C21H27N3OS/c1-15-12-17(3)20(13-16(15)2)22-21(26)24-10-8-23(9-11-24)18-6-5-7-19(14-18)25-4/h5-7,12-14H,8-11H2,1-4H3,(H,22,26). The first kappa shape index (κ1) is 18.5. The van der Waals surface area contributed by atoms with E-state index >= 15 is 0 Å². The molecule has 1 aliphatic rings. The highest BCUT2D eigenvalue weighted by atomic mass is 32.1. The number of nitrogens with zero attached hydrogens (tertiary/aromatic N) is 2. The van der Waals surface area contributed by atoms with Crippen LogP contribution in [0.15, 0.2) is 36.4 Å². The number of methoxy groups -OCH3 is 1. The smallest absolute Gasteiger partial charge is 0.173 e. The Morgan fingerprint density at radius 3 is 2.35 bits per heavy atom. The van der Waals surface area contributed by atoms with Crippen LogP contribution in [0.2, 0.25) is 0 Å². The van der Waals surface area contributed by atoms with Gasteiger partial charge in [0.25, 0.3) is 0 Å². The summed E-state index contributed by atoms with van der Waals surface area (Å²) in [6.07, 6.45) is 0. The fourth-order valence-corrected chi connectivity index (χ4v) is 3.56. The Morgan fingerprint density at radius 2 is 1.65 bits per heavy atom. The molecular weight excluding hydrogens is 342 g/mol. The molecule has 0 unspecified atom stereocenters. The van der Waals surface area contributed by atoms with Gasteiger partial charge in [-0.25, -0.2) is 0 Å². The lowest BCUT2D eigenvalue weighted by molar-refractivity contribution is 0.389. The average molecular weight is 370 g/mol. The molecule has 0 amide bonds. The van der Waals surface area contributed by atoms with Crippen molar-refractivity contribution in [3.05, 3.63) is 53.1 Å². The summed E-state index contributed by atoms with van der Waals surface area (Å²) in [6.45, 7) is 10.1. The molecule has 3 rings (SSSR count). The van der Waals surface area contributed by atoms with E-state index in [1.54, 1.807) is 7.11 Å². The largest absolute Gasteiger partial charge is 0.497 e. The Bertz CT molecular complexity index is 798. The van der Waals surface area contributed by atoms with Gasteiger partial charge in [0, 0.05) is 43.6 Å². The molecule has 1 aliphatic heterocycles. The van der Waals surface area contributed by atoms with Gasteiger partial charge in [-0.05, 0) is 67.9 Å². The molecular formula is C21H27N3OS. The average Bonchev–Trinajstić information content (AvgIpc) is 2.66. The summed E-state index contributed by atoms with van der Waals surface area (Å²) in [4.78, 5) is 4.63. The van der Waals surface area contributed by atoms with Gasteiger partial charge in [-0.15, -0.1) is 0 Å². The normalized spacial score (nSPS) is 14.3. The van der Waals surface area contributed by atoms with E-state index < -0.39 is 0 Å². The Balaban J connectivity index is 1.61. The second kappa shape index (κ2) is 7.96. The molecule has 0 bridgehead atoms. The summed E-state index contributed by atoms with van der Waals surface area (Å²) in [5, 5.41) is 4.25. The molecule has 5 heteroatoms. The molecule has 2 aromatic rings. The van der Waals surface area contributed by atoms with Crippen LogP contribution in [0.5, 0.6) is 5.75 Å². The van der Waals surface area contributed by atoms with Gasteiger partial charge in [-0.3, -0.25) is 0 Å². The highest BCUT2D eigenvalue weighted by molar-refractivity contribution is 7.80. The predicted octanol–water partition coefficient (Wildman–Crippen LogP) is 4.14. The first-order valence-corrected chi connectivity index (χ1v) is 9.41. The molecule has 26 heavy (non-hydrogen) atoms. The molecule has 1 fully saturated rings. The lowest BCUT2D eigenvalue weighted by atomic mass is 10.1. The number of piperazine rings is 1. The molecule has 1 heterocycles. The summed E-state index contributed by atoms with van der Waals surface area (Å²) in [7, 11) is 1.70. The van der Waals surface area contributed by atoms with Crippen molar-refractivity contribution in [2.45, 2.75) is 20.8 Å². The van der Waals surface area contributed by atoms with E-state index in [9.17, 15) is 0 Å². The SMILES string of the molecule is COc1cccc(N2CCN(C(=S)Nc3cc(C)c(C)cc3C)CC2)c1. The maximum atomic E-state index is 5.66. The molecule has 138 valence electrons. The Labute approximate surface area is 161 Å². The Morgan fingerprint density at radius 1 is 0.962 bits per heavy atom. The van der Waals surface area contributed by atoms with Crippen molar-refractivity contribution >= 4 is 28.7 Å². The third kappa shape index (κ3) is 4.10. The van der Waals surface area contributed by atoms with Crippen molar-refractivity contribution < 1.29 is 4.74 Å². The van der Waals surface area contributed by atoms with E-state index in [-0.39, 0.29) is 0 Å². The molecule has 2 aromatic carbocycles. The summed E-state index contributed by atoms with van der Waals surface area (Å²) in [5.41, 5.74) is 6.13. The van der Waals surface area contributed by atoms with Crippen LogP contribution in [0.25, 0.3) is 0 Å². The number of thiocarbonyl (C=S) groups is 1. The molecule has 0 saturated carbocycles. The molecule has 1 N–H and O–H groups in total. The van der Waals surface area contributed by atoms with Crippen LogP contribution in [0.1, 0.15) is 16.7 Å². The first-order valence-electron chi connectivity index (χ1n) is 9.00. The Kier molecular flexibility index (Phi) is 5.67. The number of hydrogen-bond donors (Lipinski definition) is 1. The highest BCUT2D eigenvalue weighted by Gasteiger charge is 2.20. The van der Waals surface area contributed by atoms with Crippen molar-refractivity contribution in [1.82, 2.24) is 4.90 Å². The van der Waals surface area contributed by atoms with Crippen LogP contribution in [0.4, 0.5) is 11.4 Å². The third-order valence-electron chi connectivity index (χ3n) is 5.07. The van der Waals surface area contributed by atoms with Crippen LogP contribution in [0, 0.1) is 20.8 Å². The fourth-order valence-electron chi connectivity index (χ4n) is 3.26. The van der Waals surface area contributed by atoms with Gasteiger partial charge in [0.2, 0.25) is 0 Å². The number of aryl methyl sites for hydroxylation is 3. The number of benzene rings is 2. The summed E-state index contributed by atoms with van der Waals surface area (Å²) >= 11 is 5.66. The van der Waals surface area contributed by atoms with E-state index in [0.29, 0.717) is 0 Å². The zero-order chi connectivity index (χ0) is 18.7. The predicted molar refractivity (Wildman–Crippen MR) is 114 cm³/mol. The van der Waals surface area contributed by atoms with Gasteiger partial charge in [-0.2, -0.15) is 0 Å². The fraction of sp³-hybridized carbons (Fsp3) is 0.381. The van der Waals surface area contributed by atoms with Gasteiger partial charge in [0.05, 0.1) is 7.11 Å². The van der Waals surface area contributed by atoms with Crippen LogP contribution < -0.4 is 15.0 Å². The van der Waals surface area contributed by atoms with Crippen molar-refractivity contribution in [2.24, 2.45) is 0 Å². The summed E-state index contributed by atoms with van der Waals surface area (Å²) < 4.78 is 5.33. The monoisotopic (exact) mass is 369 g/mol. The first-order chi connectivity index (χ1) is 12.5. The van der Waals surface area contributed by atoms with E-state index in [4.69, 9.17) is 17.0 Å². The molecule has 0 aromatic heterocycles. The van der Waals surface area contributed by atoms with Crippen LogP contribution in [-0.2, 0) is 0 Å². The number of rotatable bonds is 3. The minimum atomic E-state index is 0.807. The van der Waals surface area contributed by atoms with Gasteiger partial charge in [0.1, 0.15) is 5.75 Å². The minimum Gasteiger partial charge on any atom is -0.497 e. The molecule has 1 saturated heterocycles. The lowest BCUT2D eigenvalue weighted by Crippen LogP contribution is -2.50. The number of hydrogen-bond acceptors (Lipinski definition) is 3. The zero-order valence-electron chi connectivity index (χ0n) is 16.0. The van der Waals surface area contributed by atoms with Gasteiger partial charge >= 0.3 is 0 Å².